The molecule has 0 fully saturated rings. The monoisotopic (exact) mass is 247 g/mol. The summed E-state index contributed by atoms with van der Waals surface area (Å²) in [4.78, 5) is 13.2. The highest BCUT2D eigenvalue weighted by molar-refractivity contribution is 5.60. The number of nitro benzene ring substituents is 1. The molecule has 0 radical (unpaired) electrons. The number of nitrogens with zero attached hydrogens (tertiary/aromatic N) is 1. The Hall–Kier alpha value is -2.50. The summed E-state index contributed by atoms with van der Waals surface area (Å²) in [5.41, 5.74) is 1.83. The molecule has 1 aromatic carbocycles. The Morgan fingerprint density at radius 1 is 1.44 bits per heavy atom. The van der Waals surface area contributed by atoms with E-state index in [1.165, 1.54) is 19.2 Å². The van der Waals surface area contributed by atoms with Crippen molar-refractivity contribution in [2.24, 2.45) is 0 Å². The third-order valence-corrected chi connectivity index (χ3v) is 2.54. The maximum Gasteiger partial charge on any atom is 0.273 e. The first-order valence-electron chi connectivity index (χ1n) is 5.38. The molecule has 2 rings (SSSR count). The van der Waals surface area contributed by atoms with E-state index in [0.717, 1.165) is 11.3 Å². The number of hydrogen-bond acceptors (Lipinski definition) is 4. The zero-order valence-electron chi connectivity index (χ0n) is 9.84. The van der Waals surface area contributed by atoms with E-state index in [1.807, 2.05) is 18.5 Å². The lowest BCUT2D eigenvalue weighted by molar-refractivity contribution is -0.384. The molecular formula is C12H13N3O3. The minimum atomic E-state index is -0.446. The van der Waals surface area contributed by atoms with E-state index in [0.29, 0.717) is 12.3 Å². The molecule has 0 aliphatic rings. The number of benzene rings is 1. The van der Waals surface area contributed by atoms with Crippen molar-refractivity contribution in [3.63, 3.8) is 0 Å². The third-order valence-electron chi connectivity index (χ3n) is 2.54. The first kappa shape index (κ1) is 12.0. The van der Waals surface area contributed by atoms with Crippen LogP contribution in [0.3, 0.4) is 0 Å². The molecule has 0 atom stereocenters. The largest absolute Gasteiger partial charge is 0.494 e. The minimum Gasteiger partial charge on any atom is -0.494 e. The van der Waals surface area contributed by atoms with Gasteiger partial charge in [-0.25, -0.2) is 0 Å². The smallest absolute Gasteiger partial charge is 0.273 e. The van der Waals surface area contributed by atoms with Gasteiger partial charge >= 0.3 is 0 Å². The van der Waals surface area contributed by atoms with E-state index >= 15 is 0 Å². The molecule has 0 bridgehead atoms. The van der Waals surface area contributed by atoms with E-state index in [-0.39, 0.29) is 5.69 Å². The number of methoxy groups -OCH3 is 1. The molecule has 0 saturated carbocycles. The van der Waals surface area contributed by atoms with Crippen molar-refractivity contribution in [1.82, 2.24) is 4.98 Å². The summed E-state index contributed by atoms with van der Waals surface area (Å²) in [6, 6.07) is 6.44. The number of nitro groups is 1. The van der Waals surface area contributed by atoms with Crippen molar-refractivity contribution in [3.05, 3.63) is 52.3 Å². The fraction of sp³-hybridized carbons (Fsp3) is 0.167. The van der Waals surface area contributed by atoms with Gasteiger partial charge < -0.3 is 15.0 Å². The molecule has 2 aromatic rings. The maximum absolute atomic E-state index is 10.7. The molecule has 0 unspecified atom stereocenters. The number of aromatic nitrogens is 1. The Balaban J connectivity index is 2.14. The van der Waals surface area contributed by atoms with Crippen LogP contribution in [-0.2, 0) is 6.54 Å². The number of non-ortho nitro benzene ring substituents is 1. The van der Waals surface area contributed by atoms with Gasteiger partial charge in [-0.1, -0.05) is 0 Å². The van der Waals surface area contributed by atoms with E-state index < -0.39 is 4.92 Å². The predicted octanol–water partition coefficient (Wildman–Crippen LogP) is 2.54. The van der Waals surface area contributed by atoms with Crippen LogP contribution in [0.4, 0.5) is 11.4 Å². The Bertz CT molecular complexity index is 538. The predicted molar refractivity (Wildman–Crippen MR) is 67.8 cm³/mol. The summed E-state index contributed by atoms with van der Waals surface area (Å²) in [6.45, 7) is 0.623. The number of hydrogen-bond donors (Lipinski definition) is 2. The van der Waals surface area contributed by atoms with Crippen molar-refractivity contribution in [1.29, 1.82) is 0 Å². The standard InChI is InChI=1S/C12H13N3O3/c1-18-12-6-10(15(16)17)2-3-11(12)14-8-9-4-5-13-7-9/h2-7,13-14H,8H2,1H3. The van der Waals surface area contributed by atoms with Crippen molar-refractivity contribution in [2.75, 3.05) is 12.4 Å². The van der Waals surface area contributed by atoms with Crippen molar-refractivity contribution in [3.8, 4) is 5.75 Å². The zero-order valence-corrected chi connectivity index (χ0v) is 9.84. The van der Waals surface area contributed by atoms with Gasteiger partial charge in [-0.3, -0.25) is 10.1 Å². The number of rotatable bonds is 5. The number of H-pyrrole nitrogens is 1. The van der Waals surface area contributed by atoms with Gasteiger partial charge in [0.05, 0.1) is 23.8 Å². The summed E-state index contributed by atoms with van der Waals surface area (Å²) in [5, 5.41) is 13.8. The van der Waals surface area contributed by atoms with Crippen molar-refractivity contribution in [2.45, 2.75) is 6.54 Å². The molecule has 0 aliphatic carbocycles. The molecule has 2 N–H and O–H groups in total. The molecule has 0 saturated heterocycles. The second-order valence-corrected chi connectivity index (χ2v) is 3.71. The molecule has 1 heterocycles. The fourth-order valence-corrected chi connectivity index (χ4v) is 1.61. The van der Waals surface area contributed by atoms with Crippen LogP contribution in [0.2, 0.25) is 0 Å². The number of nitrogens with one attached hydrogen (secondary N) is 2. The molecule has 94 valence electrons. The second kappa shape index (κ2) is 5.22. The van der Waals surface area contributed by atoms with Gasteiger partial charge in [-0.05, 0) is 17.7 Å². The van der Waals surface area contributed by atoms with Crippen LogP contribution in [0.15, 0.2) is 36.7 Å². The molecule has 0 aliphatic heterocycles. The minimum absolute atomic E-state index is 0.0130. The molecule has 6 heteroatoms. The topological polar surface area (TPSA) is 80.2 Å². The Labute approximate surface area is 104 Å². The van der Waals surface area contributed by atoms with Crippen LogP contribution in [-0.4, -0.2) is 17.0 Å². The van der Waals surface area contributed by atoms with Gasteiger partial charge in [-0.15, -0.1) is 0 Å². The molecule has 0 spiro atoms. The van der Waals surface area contributed by atoms with Gasteiger partial charge in [0, 0.05) is 25.0 Å². The molecular weight excluding hydrogens is 234 g/mol. The van der Waals surface area contributed by atoms with Gasteiger partial charge in [0.25, 0.3) is 5.69 Å². The normalized spacial score (nSPS) is 10.1. The summed E-state index contributed by atoms with van der Waals surface area (Å²) in [6.07, 6.45) is 3.72. The summed E-state index contributed by atoms with van der Waals surface area (Å²) < 4.78 is 5.13. The van der Waals surface area contributed by atoms with E-state index in [4.69, 9.17) is 4.74 Å². The van der Waals surface area contributed by atoms with Gasteiger partial charge in [0.2, 0.25) is 0 Å². The van der Waals surface area contributed by atoms with Crippen LogP contribution >= 0.6 is 0 Å². The van der Waals surface area contributed by atoms with Gasteiger partial charge in [-0.2, -0.15) is 0 Å². The summed E-state index contributed by atoms with van der Waals surface area (Å²) in [5.74, 6) is 0.458. The first-order valence-corrected chi connectivity index (χ1v) is 5.38. The SMILES string of the molecule is COc1cc([N+](=O)[O-])ccc1NCc1cc[nH]c1. The highest BCUT2D eigenvalue weighted by Crippen LogP contribution is 2.29. The maximum atomic E-state index is 10.7. The van der Waals surface area contributed by atoms with Crippen LogP contribution in [0, 0.1) is 10.1 Å². The van der Waals surface area contributed by atoms with Gasteiger partial charge in [0.15, 0.2) is 0 Å². The van der Waals surface area contributed by atoms with E-state index in [1.54, 1.807) is 6.07 Å². The van der Waals surface area contributed by atoms with Crippen molar-refractivity contribution >= 4 is 11.4 Å². The third kappa shape index (κ3) is 2.60. The van der Waals surface area contributed by atoms with Gasteiger partial charge in [0.1, 0.15) is 5.75 Å². The highest BCUT2D eigenvalue weighted by atomic mass is 16.6. The van der Waals surface area contributed by atoms with E-state index in [9.17, 15) is 10.1 Å². The molecule has 1 aromatic heterocycles. The fourth-order valence-electron chi connectivity index (χ4n) is 1.61. The first-order chi connectivity index (χ1) is 8.70. The molecule has 0 amide bonds. The Morgan fingerprint density at radius 2 is 2.28 bits per heavy atom. The lowest BCUT2D eigenvalue weighted by Crippen LogP contribution is -2.01. The highest BCUT2D eigenvalue weighted by Gasteiger charge is 2.10. The lowest BCUT2D eigenvalue weighted by Gasteiger charge is -2.10. The number of aromatic amines is 1. The zero-order chi connectivity index (χ0) is 13.0. The Morgan fingerprint density at radius 3 is 2.89 bits per heavy atom. The lowest BCUT2D eigenvalue weighted by atomic mass is 10.2. The molecule has 6 nitrogen and oxygen atoms in total. The average molecular weight is 247 g/mol. The second-order valence-electron chi connectivity index (χ2n) is 3.71. The summed E-state index contributed by atoms with van der Waals surface area (Å²) in [7, 11) is 1.49. The van der Waals surface area contributed by atoms with Crippen molar-refractivity contribution < 1.29 is 9.66 Å². The van der Waals surface area contributed by atoms with Crippen LogP contribution in [0.5, 0.6) is 5.75 Å². The molecule has 18 heavy (non-hydrogen) atoms. The van der Waals surface area contributed by atoms with Crippen LogP contribution in [0.25, 0.3) is 0 Å². The van der Waals surface area contributed by atoms with Crippen LogP contribution < -0.4 is 10.1 Å². The number of anilines is 1. The Kier molecular flexibility index (Phi) is 3.47. The number of ether oxygens (including phenoxy) is 1. The van der Waals surface area contributed by atoms with E-state index in [2.05, 4.69) is 10.3 Å². The quantitative estimate of drug-likeness (QED) is 0.628. The summed E-state index contributed by atoms with van der Waals surface area (Å²) >= 11 is 0. The van der Waals surface area contributed by atoms with Crippen LogP contribution in [0.1, 0.15) is 5.56 Å². The average Bonchev–Trinajstić information content (AvgIpc) is 2.89.